The molecule has 5 nitrogen and oxygen atoms in total. The lowest BCUT2D eigenvalue weighted by atomic mass is 10.2. The van der Waals surface area contributed by atoms with Gasteiger partial charge in [-0.2, -0.15) is 0 Å². The molecule has 5 heteroatoms. The summed E-state index contributed by atoms with van der Waals surface area (Å²) in [6.45, 7) is 3.45. The quantitative estimate of drug-likeness (QED) is 0.779. The molecule has 88 valence electrons. The Morgan fingerprint density at radius 3 is 2.81 bits per heavy atom. The Bertz CT molecular complexity index is 441. The number of hydrogen-bond acceptors (Lipinski definition) is 4. The van der Waals surface area contributed by atoms with Crippen molar-refractivity contribution in [3.63, 3.8) is 0 Å². The van der Waals surface area contributed by atoms with Crippen molar-refractivity contribution in [2.75, 3.05) is 0 Å². The van der Waals surface area contributed by atoms with Crippen LogP contribution in [0.5, 0.6) is 0 Å². The van der Waals surface area contributed by atoms with Gasteiger partial charge in [0, 0.05) is 0 Å². The van der Waals surface area contributed by atoms with Crippen molar-refractivity contribution >= 4 is 0 Å². The molecule has 1 aliphatic heterocycles. The molecule has 0 spiro atoms. The molecule has 0 aromatic carbocycles. The van der Waals surface area contributed by atoms with E-state index in [1.807, 2.05) is 6.92 Å². The minimum atomic E-state index is -0.281. The molecule has 2 heterocycles. The lowest BCUT2D eigenvalue weighted by Crippen LogP contribution is -2.20. The first-order valence-electron chi connectivity index (χ1n) is 5.48. The minimum absolute atomic E-state index is 0.117. The molecule has 1 saturated heterocycles. The summed E-state index contributed by atoms with van der Waals surface area (Å²) in [5.74, 6) is 0.573. The predicted molar refractivity (Wildman–Crippen MR) is 58.0 cm³/mol. The molecule has 0 saturated carbocycles. The normalized spacial score (nSPS) is 24.9. The molecule has 1 aromatic heterocycles. The van der Waals surface area contributed by atoms with Gasteiger partial charge >= 0.3 is 0 Å². The number of aromatic amines is 1. The summed E-state index contributed by atoms with van der Waals surface area (Å²) in [5, 5.41) is 9.01. The van der Waals surface area contributed by atoms with Crippen molar-refractivity contribution < 1.29 is 9.84 Å². The molecule has 0 radical (unpaired) electrons. The van der Waals surface area contributed by atoms with Gasteiger partial charge in [0.05, 0.1) is 24.0 Å². The molecule has 0 bridgehead atoms. The maximum Gasteiger partial charge on any atom is 0.256 e. The van der Waals surface area contributed by atoms with Crippen molar-refractivity contribution in [3.8, 4) is 0 Å². The van der Waals surface area contributed by atoms with Crippen LogP contribution in [0.4, 0.5) is 0 Å². The average molecular weight is 224 g/mol. The van der Waals surface area contributed by atoms with E-state index in [9.17, 15) is 4.79 Å². The number of hydrogen-bond donors (Lipinski definition) is 2. The molecule has 2 rings (SSSR count). The van der Waals surface area contributed by atoms with Crippen molar-refractivity contribution in [1.29, 1.82) is 0 Å². The summed E-state index contributed by atoms with van der Waals surface area (Å²) in [6.07, 6.45) is 1.96. The number of nitrogens with zero attached hydrogens (tertiary/aromatic N) is 1. The van der Waals surface area contributed by atoms with Crippen LogP contribution in [0.3, 0.4) is 0 Å². The maximum atomic E-state index is 11.6. The van der Waals surface area contributed by atoms with E-state index in [0.29, 0.717) is 17.1 Å². The van der Waals surface area contributed by atoms with E-state index < -0.39 is 0 Å². The first-order valence-corrected chi connectivity index (χ1v) is 5.48. The highest BCUT2D eigenvalue weighted by molar-refractivity contribution is 5.16. The van der Waals surface area contributed by atoms with E-state index in [0.717, 1.165) is 12.8 Å². The SMILES string of the molecule is Cc1nc(C2CCC(C)O2)[nH]c(=O)c1CO. The molecular weight excluding hydrogens is 208 g/mol. The van der Waals surface area contributed by atoms with Crippen LogP contribution in [-0.2, 0) is 11.3 Å². The van der Waals surface area contributed by atoms with E-state index in [1.165, 1.54) is 0 Å². The standard InChI is InChI=1S/C11H16N2O3/c1-6-3-4-9(16-6)10-12-7(2)8(5-14)11(15)13-10/h6,9,14H,3-5H2,1-2H3,(H,12,13,15). The number of aryl methyl sites for hydroxylation is 1. The molecule has 1 fully saturated rings. The van der Waals surface area contributed by atoms with Gasteiger partial charge in [-0.3, -0.25) is 4.79 Å². The van der Waals surface area contributed by atoms with E-state index in [1.54, 1.807) is 6.92 Å². The van der Waals surface area contributed by atoms with Crippen molar-refractivity contribution in [1.82, 2.24) is 9.97 Å². The second-order valence-electron chi connectivity index (χ2n) is 4.19. The Hall–Kier alpha value is -1.20. The number of ether oxygens (including phenoxy) is 1. The van der Waals surface area contributed by atoms with Crippen molar-refractivity contribution in [3.05, 3.63) is 27.4 Å². The molecule has 2 unspecified atom stereocenters. The van der Waals surface area contributed by atoms with Gasteiger partial charge in [-0.15, -0.1) is 0 Å². The van der Waals surface area contributed by atoms with Crippen LogP contribution in [0.15, 0.2) is 4.79 Å². The highest BCUT2D eigenvalue weighted by atomic mass is 16.5. The van der Waals surface area contributed by atoms with Gasteiger partial charge in [-0.1, -0.05) is 0 Å². The summed E-state index contributed by atoms with van der Waals surface area (Å²) in [6, 6.07) is 0. The summed E-state index contributed by atoms with van der Waals surface area (Å²) in [7, 11) is 0. The van der Waals surface area contributed by atoms with Gasteiger partial charge in [-0.05, 0) is 26.7 Å². The van der Waals surface area contributed by atoms with Gasteiger partial charge in [0.15, 0.2) is 0 Å². The Balaban J connectivity index is 2.33. The number of aliphatic hydroxyl groups is 1. The molecule has 16 heavy (non-hydrogen) atoms. The molecular formula is C11H16N2O3. The molecule has 0 amide bonds. The highest BCUT2D eigenvalue weighted by Gasteiger charge is 2.25. The first kappa shape index (κ1) is 11.3. The monoisotopic (exact) mass is 224 g/mol. The lowest BCUT2D eigenvalue weighted by molar-refractivity contribution is 0.0499. The van der Waals surface area contributed by atoms with Crippen LogP contribution >= 0.6 is 0 Å². The average Bonchev–Trinajstić information content (AvgIpc) is 2.64. The van der Waals surface area contributed by atoms with Gasteiger partial charge in [0.25, 0.3) is 5.56 Å². The maximum absolute atomic E-state index is 11.6. The predicted octanol–water partition coefficient (Wildman–Crippen LogP) is 0.811. The Kier molecular flexibility index (Phi) is 3.07. The van der Waals surface area contributed by atoms with Crippen LogP contribution in [0.25, 0.3) is 0 Å². The van der Waals surface area contributed by atoms with E-state index in [2.05, 4.69) is 9.97 Å². The van der Waals surface area contributed by atoms with Crippen LogP contribution in [0.2, 0.25) is 0 Å². The second kappa shape index (κ2) is 4.35. The summed E-state index contributed by atoms with van der Waals surface area (Å²) in [5.41, 5.74) is 0.632. The van der Waals surface area contributed by atoms with Crippen molar-refractivity contribution in [2.24, 2.45) is 0 Å². The van der Waals surface area contributed by atoms with Crippen LogP contribution in [0, 0.1) is 6.92 Å². The zero-order chi connectivity index (χ0) is 11.7. The van der Waals surface area contributed by atoms with Crippen LogP contribution < -0.4 is 5.56 Å². The molecule has 1 aromatic rings. The Morgan fingerprint density at radius 1 is 1.56 bits per heavy atom. The number of aliphatic hydroxyl groups excluding tert-OH is 1. The van der Waals surface area contributed by atoms with E-state index in [-0.39, 0.29) is 24.4 Å². The number of nitrogens with one attached hydrogen (secondary N) is 1. The summed E-state index contributed by atoms with van der Waals surface area (Å²) < 4.78 is 5.64. The Labute approximate surface area is 93.5 Å². The van der Waals surface area contributed by atoms with Gasteiger partial charge in [-0.25, -0.2) is 4.98 Å². The minimum Gasteiger partial charge on any atom is -0.391 e. The fourth-order valence-electron chi connectivity index (χ4n) is 1.97. The van der Waals surface area contributed by atoms with E-state index in [4.69, 9.17) is 9.84 Å². The Morgan fingerprint density at radius 2 is 2.31 bits per heavy atom. The first-order chi connectivity index (χ1) is 7.61. The third-order valence-electron chi connectivity index (χ3n) is 2.94. The fourth-order valence-corrected chi connectivity index (χ4v) is 1.97. The summed E-state index contributed by atoms with van der Waals surface area (Å²) in [4.78, 5) is 18.6. The van der Waals surface area contributed by atoms with Crippen molar-refractivity contribution in [2.45, 2.75) is 45.5 Å². The smallest absolute Gasteiger partial charge is 0.256 e. The number of rotatable bonds is 2. The third kappa shape index (κ3) is 2.01. The topological polar surface area (TPSA) is 75.2 Å². The van der Waals surface area contributed by atoms with Crippen LogP contribution in [-0.4, -0.2) is 21.2 Å². The molecule has 2 atom stereocenters. The zero-order valence-corrected chi connectivity index (χ0v) is 9.49. The summed E-state index contributed by atoms with van der Waals surface area (Å²) >= 11 is 0. The second-order valence-corrected chi connectivity index (χ2v) is 4.19. The number of aromatic nitrogens is 2. The molecule has 0 aliphatic carbocycles. The number of H-pyrrole nitrogens is 1. The molecule has 1 aliphatic rings. The lowest BCUT2D eigenvalue weighted by Gasteiger charge is -2.11. The van der Waals surface area contributed by atoms with Gasteiger partial charge < -0.3 is 14.8 Å². The largest absolute Gasteiger partial charge is 0.391 e. The highest BCUT2D eigenvalue weighted by Crippen LogP contribution is 2.29. The molecule has 2 N–H and O–H groups in total. The van der Waals surface area contributed by atoms with Crippen LogP contribution in [0.1, 0.15) is 43.0 Å². The van der Waals surface area contributed by atoms with E-state index >= 15 is 0 Å². The van der Waals surface area contributed by atoms with Gasteiger partial charge in [0.1, 0.15) is 11.9 Å². The zero-order valence-electron chi connectivity index (χ0n) is 9.49. The third-order valence-corrected chi connectivity index (χ3v) is 2.94. The fraction of sp³-hybridized carbons (Fsp3) is 0.636. The van der Waals surface area contributed by atoms with Gasteiger partial charge in [0.2, 0.25) is 0 Å².